The van der Waals surface area contributed by atoms with Crippen LogP contribution in [0.15, 0.2) is 42.9 Å². The van der Waals surface area contributed by atoms with Crippen LogP contribution in [0.5, 0.6) is 0 Å². The fraction of sp³-hybridized carbons (Fsp3) is 0.389. The molecular formula is C18H22N4O2. The number of hydrogen-bond acceptors (Lipinski definition) is 5. The Kier molecular flexibility index (Phi) is 5.05. The third-order valence-electron chi connectivity index (χ3n) is 4.21. The molecule has 0 radical (unpaired) electrons. The maximum atomic E-state index is 12.3. The number of amides is 1. The number of nitrogens with one attached hydrogen (secondary N) is 1. The van der Waals surface area contributed by atoms with Crippen molar-refractivity contribution in [2.75, 3.05) is 32.6 Å². The summed E-state index contributed by atoms with van der Waals surface area (Å²) in [5.74, 6) is 0.887. The number of rotatable bonds is 5. The van der Waals surface area contributed by atoms with Crippen LogP contribution in [0.25, 0.3) is 0 Å². The first kappa shape index (κ1) is 16.4. The molecule has 0 spiro atoms. The van der Waals surface area contributed by atoms with Crippen LogP contribution in [0.4, 0.5) is 5.82 Å². The van der Waals surface area contributed by atoms with Crippen LogP contribution in [0, 0.1) is 5.92 Å². The first-order chi connectivity index (χ1) is 11.6. The number of anilines is 1. The van der Waals surface area contributed by atoms with Gasteiger partial charge in [-0.2, -0.15) is 0 Å². The van der Waals surface area contributed by atoms with Gasteiger partial charge in [0.2, 0.25) is 0 Å². The molecule has 24 heavy (non-hydrogen) atoms. The Bertz CT molecular complexity index is 690. The van der Waals surface area contributed by atoms with Gasteiger partial charge in [0.25, 0.3) is 5.91 Å². The lowest BCUT2D eigenvalue weighted by Crippen LogP contribution is -2.31. The first-order valence-electron chi connectivity index (χ1n) is 8.05. The topological polar surface area (TPSA) is 67.4 Å². The van der Waals surface area contributed by atoms with Gasteiger partial charge in [-0.3, -0.25) is 9.78 Å². The molecule has 1 amide bonds. The molecular weight excluding hydrogens is 304 g/mol. The van der Waals surface area contributed by atoms with E-state index in [2.05, 4.69) is 15.3 Å². The zero-order chi connectivity index (χ0) is 16.9. The minimum absolute atomic E-state index is 0.0600. The predicted octanol–water partition coefficient (Wildman–Crippen LogP) is 1.85. The summed E-state index contributed by atoms with van der Waals surface area (Å²) >= 11 is 0. The SMILES string of the molecule is CN(C)C(=O)c1cccnc1N[C@H]1COC[C@H]1Cc1ccncc1. The molecule has 3 heterocycles. The van der Waals surface area contributed by atoms with E-state index in [0.29, 0.717) is 30.5 Å². The lowest BCUT2D eigenvalue weighted by molar-refractivity contribution is 0.0828. The Morgan fingerprint density at radius 3 is 2.79 bits per heavy atom. The number of carbonyl (C=O) groups excluding carboxylic acids is 1. The maximum Gasteiger partial charge on any atom is 0.257 e. The summed E-state index contributed by atoms with van der Waals surface area (Å²) in [4.78, 5) is 22.3. The molecule has 3 rings (SSSR count). The van der Waals surface area contributed by atoms with Crippen molar-refractivity contribution in [2.24, 2.45) is 5.92 Å². The lowest BCUT2D eigenvalue weighted by Gasteiger charge is -2.21. The highest BCUT2D eigenvalue weighted by atomic mass is 16.5. The number of hydrogen-bond donors (Lipinski definition) is 1. The van der Waals surface area contributed by atoms with Gasteiger partial charge in [-0.25, -0.2) is 4.98 Å². The Labute approximate surface area is 141 Å². The van der Waals surface area contributed by atoms with E-state index in [0.717, 1.165) is 6.42 Å². The predicted molar refractivity (Wildman–Crippen MR) is 91.9 cm³/mol. The molecule has 6 heteroatoms. The average molecular weight is 326 g/mol. The smallest absolute Gasteiger partial charge is 0.257 e. The molecule has 1 saturated heterocycles. The van der Waals surface area contributed by atoms with Gasteiger partial charge in [-0.05, 0) is 36.2 Å². The van der Waals surface area contributed by atoms with Crippen LogP contribution < -0.4 is 5.32 Å². The van der Waals surface area contributed by atoms with E-state index in [1.807, 2.05) is 12.1 Å². The monoisotopic (exact) mass is 326 g/mol. The second-order valence-electron chi connectivity index (χ2n) is 6.21. The van der Waals surface area contributed by atoms with E-state index in [1.165, 1.54) is 5.56 Å². The fourth-order valence-electron chi connectivity index (χ4n) is 2.89. The van der Waals surface area contributed by atoms with Crippen LogP contribution in [-0.2, 0) is 11.2 Å². The third kappa shape index (κ3) is 3.71. The van der Waals surface area contributed by atoms with Crippen molar-refractivity contribution in [3.63, 3.8) is 0 Å². The molecule has 1 aliphatic heterocycles. The van der Waals surface area contributed by atoms with Gasteiger partial charge >= 0.3 is 0 Å². The molecule has 1 fully saturated rings. The molecule has 2 aromatic heterocycles. The van der Waals surface area contributed by atoms with E-state index in [-0.39, 0.29) is 11.9 Å². The van der Waals surface area contributed by atoms with Gasteiger partial charge in [0.05, 0.1) is 24.8 Å². The van der Waals surface area contributed by atoms with Crippen LogP contribution in [0.3, 0.4) is 0 Å². The molecule has 0 aromatic carbocycles. The fourth-order valence-corrected chi connectivity index (χ4v) is 2.89. The molecule has 6 nitrogen and oxygen atoms in total. The Morgan fingerprint density at radius 2 is 2.04 bits per heavy atom. The minimum atomic E-state index is -0.0600. The van der Waals surface area contributed by atoms with Crippen molar-refractivity contribution in [3.05, 3.63) is 54.0 Å². The molecule has 126 valence electrons. The van der Waals surface area contributed by atoms with Crippen molar-refractivity contribution in [1.82, 2.24) is 14.9 Å². The highest BCUT2D eigenvalue weighted by molar-refractivity contribution is 5.98. The minimum Gasteiger partial charge on any atom is -0.379 e. The largest absolute Gasteiger partial charge is 0.379 e. The van der Waals surface area contributed by atoms with Gasteiger partial charge in [0.1, 0.15) is 5.82 Å². The summed E-state index contributed by atoms with van der Waals surface area (Å²) in [6.07, 6.45) is 6.22. The second kappa shape index (κ2) is 7.40. The maximum absolute atomic E-state index is 12.3. The van der Waals surface area contributed by atoms with Crippen molar-refractivity contribution in [1.29, 1.82) is 0 Å². The summed E-state index contributed by atoms with van der Waals surface area (Å²) < 4.78 is 5.66. The summed E-state index contributed by atoms with van der Waals surface area (Å²) in [6.45, 7) is 1.31. The zero-order valence-electron chi connectivity index (χ0n) is 14.0. The molecule has 0 saturated carbocycles. The van der Waals surface area contributed by atoms with E-state index >= 15 is 0 Å². The number of ether oxygens (including phenoxy) is 1. The number of carbonyl (C=O) groups is 1. The van der Waals surface area contributed by atoms with Crippen molar-refractivity contribution in [3.8, 4) is 0 Å². The third-order valence-corrected chi connectivity index (χ3v) is 4.21. The number of pyridine rings is 2. The average Bonchev–Trinajstić information content (AvgIpc) is 3.02. The molecule has 0 aliphatic carbocycles. The van der Waals surface area contributed by atoms with E-state index in [1.54, 1.807) is 49.7 Å². The summed E-state index contributed by atoms with van der Waals surface area (Å²) in [6, 6.07) is 7.75. The molecule has 0 bridgehead atoms. The second-order valence-corrected chi connectivity index (χ2v) is 6.21. The molecule has 1 N–H and O–H groups in total. The number of nitrogens with zero attached hydrogens (tertiary/aromatic N) is 3. The molecule has 2 aromatic rings. The van der Waals surface area contributed by atoms with E-state index in [4.69, 9.17) is 4.74 Å². The standard InChI is InChI=1S/C18H22N4O2/c1-22(2)18(23)15-4-3-7-20-17(15)21-16-12-24-11-14(16)10-13-5-8-19-9-6-13/h3-9,14,16H,10-12H2,1-2H3,(H,20,21)/t14-,16+/m1/s1. The Hall–Kier alpha value is -2.47. The number of aromatic nitrogens is 2. The normalized spacial score (nSPS) is 19.9. The van der Waals surface area contributed by atoms with Crippen LogP contribution in [0.1, 0.15) is 15.9 Å². The zero-order valence-corrected chi connectivity index (χ0v) is 14.0. The molecule has 2 atom stereocenters. The molecule has 0 unspecified atom stereocenters. The van der Waals surface area contributed by atoms with E-state index in [9.17, 15) is 4.79 Å². The quantitative estimate of drug-likeness (QED) is 0.908. The van der Waals surface area contributed by atoms with Gasteiger partial charge in [0.15, 0.2) is 0 Å². The summed E-state index contributed by atoms with van der Waals surface area (Å²) in [5, 5.41) is 3.42. The van der Waals surface area contributed by atoms with Crippen molar-refractivity contribution >= 4 is 11.7 Å². The highest BCUT2D eigenvalue weighted by Gasteiger charge is 2.29. The van der Waals surface area contributed by atoms with Crippen LogP contribution >= 0.6 is 0 Å². The van der Waals surface area contributed by atoms with Crippen molar-refractivity contribution < 1.29 is 9.53 Å². The Balaban J connectivity index is 1.74. The van der Waals surface area contributed by atoms with Crippen LogP contribution in [0.2, 0.25) is 0 Å². The molecule has 1 aliphatic rings. The first-order valence-corrected chi connectivity index (χ1v) is 8.05. The highest BCUT2D eigenvalue weighted by Crippen LogP contribution is 2.23. The van der Waals surface area contributed by atoms with Gasteiger partial charge in [-0.1, -0.05) is 0 Å². The van der Waals surface area contributed by atoms with E-state index < -0.39 is 0 Å². The summed E-state index contributed by atoms with van der Waals surface area (Å²) in [5.41, 5.74) is 1.81. The summed E-state index contributed by atoms with van der Waals surface area (Å²) in [7, 11) is 3.48. The van der Waals surface area contributed by atoms with Gasteiger partial charge < -0.3 is 15.0 Å². The Morgan fingerprint density at radius 1 is 1.25 bits per heavy atom. The van der Waals surface area contributed by atoms with Gasteiger partial charge in [-0.15, -0.1) is 0 Å². The lowest BCUT2D eigenvalue weighted by atomic mass is 9.95. The van der Waals surface area contributed by atoms with Crippen LogP contribution in [-0.4, -0.2) is 54.1 Å². The van der Waals surface area contributed by atoms with Crippen molar-refractivity contribution in [2.45, 2.75) is 12.5 Å². The van der Waals surface area contributed by atoms with Gasteiger partial charge in [0, 0.05) is 38.6 Å².